The number of nitrogens with one attached hydrogen (secondary N) is 2. The lowest BCUT2D eigenvalue weighted by molar-refractivity contribution is 0.188. The molecule has 0 radical (unpaired) electrons. The van der Waals surface area contributed by atoms with Gasteiger partial charge in [0.15, 0.2) is 5.82 Å². The number of nitrogens with zero attached hydrogens (tertiary/aromatic N) is 5. The van der Waals surface area contributed by atoms with Crippen molar-refractivity contribution in [3.05, 3.63) is 52.1 Å². The second-order valence-corrected chi connectivity index (χ2v) is 11.0. The van der Waals surface area contributed by atoms with E-state index in [0.717, 1.165) is 50.9 Å². The molecule has 5 heterocycles. The maximum atomic E-state index is 16.4. The molecule has 3 fully saturated rings. The molecular weight excluding hydrogens is 485 g/mol. The molecule has 0 aliphatic carbocycles. The lowest BCUT2D eigenvalue weighted by Crippen LogP contribution is -2.51. The minimum atomic E-state index is -0.511. The van der Waals surface area contributed by atoms with Gasteiger partial charge in [-0.3, -0.25) is 9.89 Å². The van der Waals surface area contributed by atoms with Crippen molar-refractivity contribution in [1.82, 2.24) is 30.0 Å². The van der Waals surface area contributed by atoms with E-state index in [2.05, 4.69) is 32.2 Å². The van der Waals surface area contributed by atoms with E-state index >= 15 is 4.39 Å². The van der Waals surface area contributed by atoms with E-state index in [-0.39, 0.29) is 22.8 Å². The Morgan fingerprint density at radius 3 is 2.66 bits per heavy atom. The summed E-state index contributed by atoms with van der Waals surface area (Å²) in [6, 6.07) is 10.4. The zero-order valence-corrected chi connectivity index (χ0v) is 21.7. The second kappa shape index (κ2) is 9.06. The van der Waals surface area contributed by atoms with Gasteiger partial charge in [0.1, 0.15) is 23.6 Å². The van der Waals surface area contributed by atoms with Crippen LogP contribution < -0.4 is 20.5 Å². The van der Waals surface area contributed by atoms with Crippen molar-refractivity contribution in [2.75, 3.05) is 38.2 Å². The topological polar surface area (TPSA) is 91.3 Å². The van der Waals surface area contributed by atoms with Crippen molar-refractivity contribution in [2.45, 2.75) is 50.7 Å². The Hall–Kier alpha value is -3.50. The fourth-order valence-corrected chi connectivity index (χ4v) is 6.46. The van der Waals surface area contributed by atoms with E-state index in [1.807, 2.05) is 25.1 Å². The summed E-state index contributed by atoms with van der Waals surface area (Å²) in [4.78, 5) is 26.6. The third-order valence-corrected chi connectivity index (χ3v) is 8.50. The molecule has 0 amide bonds. The number of halogens is 1. The molecule has 0 spiro atoms. The van der Waals surface area contributed by atoms with Crippen molar-refractivity contribution in [2.24, 2.45) is 0 Å². The van der Waals surface area contributed by atoms with Crippen LogP contribution in [0.3, 0.4) is 0 Å². The molecule has 3 aliphatic rings. The van der Waals surface area contributed by atoms with Crippen molar-refractivity contribution in [3.8, 4) is 11.7 Å². The van der Waals surface area contributed by atoms with Gasteiger partial charge in [-0.1, -0.05) is 12.1 Å². The first kappa shape index (κ1) is 23.6. The number of hydrogen-bond acceptors (Lipinski definition) is 7. The number of ether oxygens (including phenoxy) is 1. The van der Waals surface area contributed by atoms with Gasteiger partial charge < -0.3 is 19.9 Å². The molecule has 2 aromatic heterocycles. The van der Waals surface area contributed by atoms with Crippen molar-refractivity contribution < 1.29 is 9.13 Å². The summed E-state index contributed by atoms with van der Waals surface area (Å²) in [6.45, 7) is 5.04. The van der Waals surface area contributed by atoms with Gasteiger partial charge >= 0.3 is 6.01 Å². The predicted octanol–water partition coefficient (Wildman–Crippen LogP) is 3.12. The number of benzene rings is 2. The molecule has 0 saturated carbocycles. The Morgan fingerprint density at radius 2 is 1.89 bits per heavy atom. The highest BCUT2D eigenvalue weighted by atomic mass is 19.1. The number of para-hydroxylation sites is 1. The van der Waals surface area contributed by atoms with Crippen molar-refractivity contribution in [3.63, 3.8) is 0 Å². The minimum Gasteiger partial charge on any atom is -0.462 e. The van der Waals surface area contributed by atoms with Gasteiger partial charge in [-0.25, -0.2) is 9.07 Å². The number of H-pyrrole nitrogens is 1. The highest BCUT2D eigenvalue weighted by Crippen LogP contribution is 2.34. The van der Waals surface area contributed by atoms with Crippen LogP contribution in [0.15, 0.2) is 35.1 Å². The maximum Gasteiger partial charge on any atom is 0.319 e. The summed E-state index contributed by atoms with van der Waals surface area (Å²) in [6.07, 6.45) is 4.46. The molecule has 3 atom stereocenters. The van der Waals surface area contributed by atoms with Gasteiger partial charge in [0, 0.05) is 36.6 Å². The van der Waals surface area contributed by atoms with Gasteiger partial charge in [0.05, 0.1) is 10.9 Å². The van der Waals surface area contributed by atoms with Crippen LogP contribution >= 0.6 is 0 Å². The van der Waals surface area contributed by atoms with E-state index in [4.69, 9.17) is 9.72 Å². The summed E-state index contributed by atoms with van der Waals surface area (Å²) in [7, 11) is 2.10. The number of aromatic amines is 1. The first-order valence-corrected chi connectivity index (χ1v) is 13.5. The molecule has 3 aliphatic heterocycles. The Kier molecular flexibility index (Phi) is 5.63. The van der Waals surface area contributed by atoms with Crippen LogP contribution in [0, 0.1) is 12.7 Å². The molecule has 2 N–H and O–H groups in total. The molecule has 9 nitrogen and oxygen atoms in total. The Balaban J connectivity index is 1.36. The van der Waals surface area contributed by atoms with E-state index in [1.54, 1.807) is 12.1 Å². The van der Waals surface area contributed by atoms with Crippen LogP contribution in [0.1, 0.15) is 31.2 Å². The summed E-state index contributed by atoms with van der Waals surface area (Å²) >= 11 is 0. The molecule has 2 aromatic carbocycles. The molecule has 10 heteroatoms. The van der Waals surface area contributed by atoms with Crippen LogP contribution in [-0.4, -0.2) is 76.1 Å². The largest absolute Gasteiger partial charge is 0.462 e. The van der Waals surface area contributed by atoms with Crippen LogP contribution in [0.4, 0.5) is 10.2 Å². The average Bonchev–Trinajstić information content (AvgIpc) is 3.59. The average molecular weight is 518 g/mol. The van der Waals surface area contributed by atoms with Crippen LogP contribution in [0.5, 0.6) is 6.01 Å². The number of likely N-dealkylation sites (N-methyl/N-ethyl adjacent to an activating group) is 1. The predicted molar refractivity (Wildman–Crippen MR) is 145 cm³/mol. The number of aromatic nitrogens is 4. The standard InChI is InChI=1S/C28H32FN7O2/c1-16-5-3-7-21-25(16)36(33-27(21)37)22-11-10-20-24(23(22)29)31-28(38-15-19-6-4-12-34(19)2)32-26(20)35-13-17-8-9-18(14-35)30-17/h3,5,7,10-11,17-19,30H,4,6,8-9,12-15H2,1-2H3,(H,33,37)/t17?,18?,19-/m0/s1. The number of rotatable bonds is 5. The number of fused-ring (bicyclic) bond motifs is 4. The molecule has 198 valence electrons. The third kappa shape index (κ3) is 3.85. The number of piperazine rings is 1. The number of likely N-dealkylation sites (tertiary alicyclic amines) is 1. The molecule has 4 aromatic rings. The Labute approximate surface area is 219 Å². The lowest BCUT2D eigenvalue weighted by Gasteiger charge is -2.34. The minimum absolute atomic E-state index is 0.191. The smallest absolute Gasteiger partial charge is 0.319 e. The first-order valence-electron chi connectivity index (χ1n) is 13.5. The Bertz CT molecular complexity index is 1590. The van der Waals surface area contributed by atoms with E-state index in [0.29, 0.717) is 46.8 Å². The highest BCUT2D eigenvalue weighted by molar-refractivity contribution is 5.92. The number of aryl methyl sites for hydroxylation is 1. The van der Waals surface area contributed by atoms with Crippen LogP contribution in [0.2, 0.25) is 0 Å². The van der Waals surface area contributed by atoms with Gasteiger partial charge in [0.25, 0.3) is 5.56 Å². The quantitative estimate of drug-likeness (QED) is 0.420. The van der Waals surface area contributed by atoms with Crippen LogP contribution in [0.25, 0.3) is 27.5 Å². The lowest BCUT2D eigenvalue weighted by atomic mass is 10.1. The molecule has 7 rings (SSSR count). The SMILES string of the molecule is Cc1cccc2c(=O)[nH]n(-c3ccc4c(N5CC6CCC(C5)N6)nc(OC[C@@H]5CCCN5C)nc4c3F)c12. The summed E-state index contributed by atoms with van der Waals surface area (Å²) < 4.78 is 24.0. The molecule has 2 bridgehead atoms. The summed E-state index contributed by atoms with van der Waals surface area (Å²) in [5.74, 6) is 0.194. The molecule has 3 saturated heterocycles. The van der Waals surface area contributed by atoms with Gasteiger partial charge in [-0.05, 0) is 70.0 Å². The van der Waals surface area contributed by atoms with Gasteiger partial charge in [-0.2, -0.15) is 9.97 Å². The highest BCUT2D eigenvalue weighted by Gasteiger charge is 2.34. The fourth-order valence-electron chi connectivity index (χ4n) is 6.46. The van der Waals surface area contributed by atoms with E-state index in [1.165, 1.54) is 4.68 Å². The zero-order chi connectivity index (χ0) is 26.0. The maximum absolute atomic E-state index is 16.4. The zero-order valence-electron chi connectivity index (χ0n) is 21.7. The van der Waals surface area contributed by atoms with E-state index in [9.17, 15) is 4.79 Å². The summed E-state index contributed by atoms with van der Waals surface area (Å²) in [5.41, 5.74) is 1.72. The van der Waals surface area contributed by atoms with Crippen molar-refractivity contribution in [1.29, 1.82) is 0 Å². The van der Waals surface area contributed by atoms with Crippen molar-refractivity contribution >= 4 is 27.6 Å². The molecule has 2 unspecified atom stereocenters. The summed E-state index contributed by atoms with van der Waals surface area (Å²) in [5, 5.41) is 7.64. The van der Waals surface area contributed by atoms with Crippen LogP contribution in [-0.2, 0) is 0 Å². The Morgan fingerprint density at radius 1 is 1.08 bits per heavy atom. The van der Waals surface area contributed by atoms with Gasteiger partial charge in [-0.15, -0.1) is 0 Å². The van der Waals surface area contributed by atoms with E-state index < -0.39 is 5.82 Å². The molecule has 38 heavy (non-hydrogen) atoms. The monoisotopic (exact) mass is 517 g/mol. The first-order chi connectivity index (χ1) is 18.5. The number of anilines is 1. The van der Waals surface area contributed by atoms with Gasteiger partial charge in [0.2, 0.25) is 0 Å². The number of hydrogen-bond donors (Lipinski definition) is 2. The molecular formula is C28H32FN7O2. The normalized spacial score (nSPS) is 23.7. The fraction of sp³-hybridized carbons (Fsp3) is 0.464. The second-order valence-electron chi connectivity index (χ2n) is 11.0. The third-order valence-electron chi connectivity index (χ3n) is 8.50.